The van der Waals surface area contributed by atoms with Crippen molar-refractivity contribution in [1.29, 1.82) is 0 Å². The van der Waals surface area contributed by atoms with Crippen LogP contribution in [0.15, 0.2) is 48.7 Å². The van der Waals surface area contributed by atoms with Gasteiger partial charge >= 0.3 is 12.3 Å². The predicted octanol–water partition coefficient (Wildman–Crippen LogP) is 6.97. The highest BCUT2D eigenvalue weighted by molar-refractivity contribution is 6.35. The standard InChI is InChI=1S/C19H11Cl2F4NO2/c20-14-8-12(9-15(21)17(14)22)13(19(23,24)25)3-1-10-2-4-16-11(7-10)5-6-26(16)18(27)28/h1-9,13H,(H,27,28)/b3-1+. The van der Waals surface area contributed by atoms with Crippen LogP contribution in [-0.2, 0) is 0 Å². The number of carbonyl (C=O) groups is 1. The molecule has 1 unspecified atom stereocenters. The van der Waals surface area contributed by atoms with E-state index in [1.807, 2.05) is 0 Å². The molecule has 3 rings (SSSR count). The number of rotatable bonds is 3. The normalized spacial score (nSPS) is 13.4. The van der Waals surface area contributed by atoms with E-state index in [2.05, 4.69) is 0 Å². The van der Waals surface area contributed by atoms with Crippen molar-refractivity contribution in [2.24, 2.45) is 0 Å². The minimum absolute atomic E-state index is 0.293. The van der Waals surface area contributed by atoms with Crippen LogP contribution in [0.4, 0.5) is 22.4 Å². The Balaban J connectivity index is 1.99. The van der Waals surface area contributed by atoms with Gasteiger partial charge < -0.3 is 5.11 Å². The molecule has 0 radical (unpaired) electrons. The summed E-state index contributed by atoms with van der Waals surface area (Å²) in [5.41, 5.74) is 0.552. The van der Waals surface area contributed by atoms with Crippen molar-refractivity contribution in [2.45, 2.75) is 12.1 Å². The van der Waals surface area contributed by atoms with Crippen molar-refractivity contribution < 1.29 is 27.5 Å². The lowest BCUT2D eigenvalue weighted by molar-refractivity contribution is -0.139. The summed E-state index contributed by atoms with van der Waals surface area (Å²) in [5.74, 6) is -3.03. The van der Waals surface area contributed by atoms with Gasteiger partial charge in [-0.05, 0) is 41.5 Å². The van der Waals surface area contributed by atoms with Gasteiger partial charge in [0.25, 0.3) is 0 Å². The molecule has 0 aliphatic rings. The van der Waals surface area contributed by atoms with Crippen molar-refractivity contribution in [2.75, 3.05) is 0 Å². The quantitative estimate of drug-likeness (QED) is 0.359. The van der Waals surface area contributed by atoms with Crippen LogP contribution < -0.4 is 0 Å². The van der Waals surface area contributed by atoms with Gasteiger partial charge in [0.1, 0.15) is 0 Å². The molecule has 3 nitrogen and oxygen atoms in total. The molecular formula is C19H11Cl2F4NO2. The van der Waals surface area contributed by atoms with Crippen LogP contribution in [0.5, 0.6) is 0 Å². The molecule has 9 heteroatoms. The second-order valence-electron chi connectivity index (χ2n) is 5.96. The first kappa shape index (κ1) is 20.2. The highest BCUT2D eigenvalue weighted by Crippen LogP contribution is 2.39. The number of benzene rings is 2. The average Bonchev–Trinajstić information content (AvgIpc) is 3.02. The summed E-state index contributed by atoms with van der Waals surface area (Å²) in [7, 11) is 0. The van der Waals surface area contributed by atoms with E-state index >= 15 is 0 Å². The molecule has 2 aromatic carbocycles. The average molecular weight is 432 g/mol. The smallest absolute Gasteiger partial charge is 0.415 e. The summed E-state index contributed by atoms with van der Waals surface area (Å²) < 4.78 is 55.1. The molecule has 1 atom stereocenters. The highest BCUT2D eigenvalue weighted by atomic mass is 35.5. The molecule has 28 heavy (non-hydrogen) atoms. The van der Waals surface area contributed by atoms with E-state index in [0.717, 1.165) is 22.8 Å². The van der Waals surface area contributed by atoms with Crippen LogP contribution in [0.1, 0.15) is 17.0 Å². The first-order valence-electron chi connectivity index (χ1n) is 7.81. The lowest BCUT2D eigenvalue weighted by Crippen LogP contribution is -2.19. The van der Waals surface area contributed by atoms with E-state index < -0.39 is 34.0 Å². The molecule has 1 heterocycles. The summed E-state index contributed by atoms with van der Waals surface area (Å²) in [6.45, 7) is 0. The van der Waals surface area contributed by atoms with Gasteiger partial charge in [0.15, 0.2) is 5.82 Å². The monoisotopic (exact) mass is 431 g/mol. The lowest BCUT2D eigenvalue weighted by Gasteiger charge is -2.18. The number of halogens is 6. The third-order valence-electron chi connectivity index (χ3n) is 4.12. The molecule has 0 fully saturated rings. The fourth-order valence-electron chi connectivity index (χ4n) is 2.80. The molecule has 0 aliphatic carbocycles. The Morgan fingerprint density at radius 3 is 2.32 bits per heavy atom. The number of hydrogen-bond donors (Lipinski definition) is 1. The molecule has 0 amide bonds. The summed E-state index contributed by atoms with van der Waals surface area (Å²) in [6, 6.07) is 7.88. The number of fused-ring (bicyclic) bond motifs is 1. The second kappa shape index (κ2) is 7.48. The zero-order valence-corrected chi connectivity index (χ0v) is 15.4. The molecule has 0 saturated heterocycles. The van der Waals surface area contributed by atoms with E-state index in [9.17, 15) is 22.4 Å². The Kier molecular flexibility index (Phi) is 5.41. The Morgan fingerprint density at radius 1 is 1.11 bits per heavy atom. The molecule has 0 aliphatic heterocycles. The zero-order valence-electron chi connectivity index (χ0n) is 13.8. The summed E-state index contributed by atoms with van der Waals surface area (Å²) in [4.78, 5) is 11.1. The lowest BCUT2D eigenvalue weighted by atomic mass is 9.97. The Hall–Kier alpha value is -2.51. The molecule has 3 aromatic rings. The number of carboxylic acid groups (broad SMARTS) is 1. The van der Waals surface area contributed by atoms with Gasteiger partial charge in [-0.25, -0.2) is 9.18 Å². The third-order valence-corrected chi connectivity index (χ3v) is 4.67. The minimum Gasteiger partial charge on any atom is -0.464 e. The van der Waals surface area contributed by atoms with Crippen molar-refractivity contribution >= 4 is 46.3 Å². The number of hydrogen-bond acceptors (Lipinski definition) is 1. The highest BCUT2D eigenvalue weighted by Gasteiger charge is 2.39. The van der Waals surface area contributed by atoms with Crippen molar-refractivity contribution in [3.8, 4) is 0 Å². The molecule has 146 valence electrons. The van der Waals surface area contributed by atoms with Gasteiger partial charge in [-0.2, -0.15) is 13.2 Å². The van der Waals surface area contributed by atoms with Gasteiger partial charge in [-0.15, -0.1) is 0 Å². The molecule has 0 saturated carbocycles. The maximum Gasteiger partial charge on any atom is 0.415 e. The minimum atomic E-state index is -4.66. The number of allylic oxidation sites excluding steroid dienone is 1. The maximum atomic E-state index is 13.5. The van der Waals surface area contributed by atoms with Crippen LogP contribution in [0.3, 0.4) is 0 Å². The van der Waals surface area contributed by atoms with Crippen LogP contribution >= 0.6 is 23.2 Å². The van der Waals surface area contributed by atoms with Crippen LogP contribution in [-0.4, -0.2) is 21.9 Å². The van der Waals surface area contributed by atoms with Gasteiger partial charge in [-0.1, -0.05) is 41.4 Å². The Labute approximate surface area is 166 Å². The summed E-state index contributed by atoms with van der Waals surface area (Å²) in [6.07, 6.45) is -2.31. The zero-order chi connectivity index (χ0) is 20.6. The molecule has 1 N–H and O–H groups in total. The van der Waals surface area contributed by atoms with E-state index in [1.165, 1.54) is 24.4 Å². The molecule has 0 bridgehead atoms. The van der Waals surface area contributed by atoms with Gasteiger partial charge in [0.2, 0.25) is 0 Å². The maximum absolute atomic E-state index is 13.5. The van der Waals surface area contributed by atoms with E-state index in [0.29, 0.717) is 16.5 Å². The first-order chi connectivity index (χ1) is 13.1. The number of aromatic nitrogens is 1. The third kappa shape index (κ3) is 4.00. The Morgan fingerprint density at radius 2 is 1.75 bits per heavy atom. The van der Waals surface area contributed by atoms with Crippen LogP contribution in [0.2, 0.25) is 10.0 Å². The van der Waals surface area contributed by atoms with E-state index in [1.54, 1.807) is 12.1 Å². The SMILES string of the molecule is O=C(O)n1ccc2cc(/C=C/C(c3cc(Cl)c(F)c(Cl)c3)C(F)(F)F)ccc21. The van der Waals surface area contributed by atoms with Crippen molar-refractivity contribution in [1.82, 2.24) is 4.57 Å². The van der Waals surface area contributed by atoms with Gasteiger partial charge in [0.05, 0.1) is 21.5 Å². The Bertz CT molecular complexity index is 1070. The predicted molar refractivity (Wildman–Crippen MR) is 99.6 cm³/mol. The topological polar surface area (TPSA) is 42.2 Å². The van der Waals surface area contributed by atoms with Crippen molar-refractivity contribution in [3.05, 3.63) is 75.7 Å². The van der Waals surface area contributed by atoms with Crippen LogP contribution in [0.25, 0.3) is 17.0 Å². The largest absolute Gasteiger partial charge is 0.464 e. The fraction of sp³-hybridized carbons (Fsp3) is 0.105. The molecule has 1 aromatic heterocycles. The molecule has 0 spiro atoms. The first-order valence-corrected chi connectivity index (χ1v) is 8.57. The second-order valence-corrected chi connectivity index (χ2v) is 6.78. The van der Waals surface area contributed by atoms with Crippen LogP contribution in [0, 0.1) is 5.82 Å². The van der Waals surface area contributed by atoms with Gasteiger partial charge in [0, 0.05) is 11.6 Å². The number of alkyl halides is 3. The molecular weight excluding hydrogens is 421 g/mol. The van der Waals surface area contributed by atoms with E-state index in [-0.39, 0.29) is 5.56 Å². The van der Waals surface area contributed by atoms with Gasteiger partial charge in [-0.3, -0.25) is 4.57 Å². The van der Waals surface area contributed by atoms with E-state index in [4.69, 9.17) is 28.3 Å². The number of nitrogens with zero attached hydrogens (tertiary/aromatic N) is 1. The fourth-order valence-corrected chi connectivity index (χ4v) is 3.31. The van der Waals surface area contributed by atoms with Crippen molar-refractivity contribution in [3.63, 3.8) is 0 Å². The summed E-state index contributed by atoms with van der Waals surface area (Å²) >= 11 is 11.2. The summed E-state index contributed by atoms with van der Waals surface area (Å²) in [5, 5.41) is 8.63.